The average Bonchev–Trinajstić information content (AvgIpc) is 3.09. The summed E-state index contributed by atoms with van der Waals surface area (Å²) in [5.41, 5.74) is 1.56. The normalized spacial score (nSPS) is 17.8. The molecule has 2 aromatic carbocycles. The summed E-state index contributed by atoms with van der Waals surface area (Å²) in [6, 6.07) is 14.4. The minimum atomic E-state index is -4.59. The van der Waals surface area contributed by atoms with E-state index >= 15 is 0 Å². The first-order valence-electron chi connectivity index (χ1n) is 10.2. The number of hydrogen-bond acceptors (Lipinski definition) is 2. The van der Waals surface area contributed by atoms with E-state index in [1.54, 1.807) is 6.20 Å². The molecular weight excluding hydrogens is 403 g/mol. The van der Waals surface area contributed by atoms with Gasteiger partial charge in [-0.1, -0.05) is 56.3 Å². The number of halogens is 3. The van der Waals surface area contributed by atoms with Gasteiger partial charge in [0.2, 0.25) is 0 Å². The molecule has 1 heterocycles. The van der Waals surface area contributed by atoms with Crippen LogP contribution in [0.15, 0.2) is 60.8 Å². The van der Waals surface area contributed by atoms with E-state index in [4.69, 9.17) is 0 Å². The number of fused-ring (bicyclic) bond motifs is 1. The zero-order valence-corrected chi connectivity index (χ0v) is 17.4. The fourth-order valence-corrected chi connectivity index (χ4v) is 4.28. The van der Waals surface area contributed by atoms with E-state index in [1.165, 1.54) is 18.2 Å². The molecule has 0 aliphatic heterocycles. The van der Waals surface area contributed by atoms with Gasteiger partial charge in [-0.3, -0.25) is 9.48 Å². The summed E-state index contributed by atoms with van der Waals surface area (Å²) in [4.78, 5) is 12.9. The SMILES string of the molecule is CC1(C)Cc2c(cnn2Cc2ccccc2)[C@@H](NC(=O)c2ccccc2C(F)(F)F)C1. The summed E-state index contributed by atoms with van der Waals surface area (Å²) >= 11 is 0. The number of carbonyl (C=O) groups excluding carboxylic acids is 1. The second kappa shape index (κ2) is 7.87. The molecule has 4 nitrogen and oxygen atoms in total. The lowest BCUT2D eigenvalue weighted by Crippen LogP contribution is -2.37. The van der Waals surface area contributed by atoms with Crippen molar-refractivity contribution >= 4 is 5.91 Å². The second-order valence-corrected chi connectivity index (χ2v) is 8.80. The molecule has 31 heavy (non-hydrogen) atoms. The Morgan fingerprint density at radius 3 is 2.52 bits per heavy atom. The molecule has 0 fully saturated rings. The van der Waals surface area contributed by atoms with Crippen LogP contribution in [0.1, 0.15) is 59.1 Å². The third-order valence-corrected chi connectivity index (χ3v) is 5.72. The van der Waals surface area contributed by atoms with Gasteiger partial charge < -0.3 is 5.32 Å². The summed E-state index contributed by atoms with van der Waals surface area (Å²) < 4.78 is 42.0. The maximum atomic E-state index is 13.4. The van der Waals surface area contributed by atoms with Crippen molar-refractivity contribution in [3.8, 4) is 0 Å². The lowest BCUT2D eigenvalue weighted by atomic mass is 9.74. The Bertz CT molecular complexity index is 1090. The highest BCUT2D eigenvalue weighted by atomic mass is 19.4. The van der Waals surface area contributed by atoms with Crippen molar-refractivity contribution in [1.82, 2.24) is 15.1 Å². The first-order chi connectivity index (χ1) is 14.6. The van der Waals surface area contributed by atoms with Gasteiger partial charge in [0.05, 0.1) is 29.9 Å². The van der Waals surface area contributed by atoms with Crippen molar-refractivity contribution in [3.05, 3.63) is 88.7 Å². The molecule has 0 saturated heterocycles. The first-order valence-corrected chi connectivity index (χ1v) is 10.2. The number of aromatic nitrogens is 2. The molecule has 1 atom stereocenters. The second-order valence-electron chi connectivity index (χ2n) is 8.80. The maximum Gasteiger partial charge on any atom is 0.417 e. The summed E-state index contributed by atoms with van der Waals surface area (Å²) in [6.45, 7) is 4.79. The highest BCUT2D eigenvalue weighted by Crippen LogP contribution is 2.41. The van der Waals surface area contributed by atoms with Crippen LogP contribution in [0.4, 0.5) is 13.2 Å². The predicted molar refractivity (Wildman–Crippen MR) is 112 cm³/mol. The molecule has 1 N–H and O–H groups in total. The van der Waals surface area contributed by atoms with Gasteiger partial charge in [-0.2, -0.15) is 18.3 Å². The Labute approximate surface area is 179 Å². The lowest BCUT2D eigenvalue weighted by Gasteiger charge is -2.36. The van der Waals surface area contributed by atoms with E-state index in [2.05, 4.69) is 24.3 Å². The van der Waals surface area contributed by atoms with Gasteiger partial charge in [0.25, 0.3) is 5.91 Å². The molecule has 0 saturated carbocycles. The highest BCUT2D eigenvalue weighted by molar-refractivity contribution is 5.96. The van der Waals surface area contributed by atoms with Crippen LogP contribution in [-0.2, 0) is 19.1 Å². The monoisotopic (exact) mass is 427 g/mol. The summed E-state index contributed by atoms with van der Waals surface area (Å²) in [5, 5.41) is 7.38. The minimum Gasteiger partial charge on any atom is -0.345 e. The van der Waals surface area contributed by atoms with E-state index in [1.807, 2.05) is 35.0 Å². The number of nitrogens with one attached hydrogen (secondary N) is 1. The van der Waals surface area contributed by atoms with Gasteiger partial charge in [-0.05, 0) is 36.0 Å². The lowest BCUT2D eigenvalue weighted by molar-refractivity contribution is -0.137. The molecule has 1 aliphatic rings. The van der Waals surface area contributed by atoms with Crippen LogP contribution in [0.5, 0.6) is 0 Å². The number of nitrogens with zero attached hydrogens (tertiary/aromatic N) is 2. The largest absolute Gasteiger partial charge is 0.417 e. The van der Waals surface area contributed by atoms with Crippen LogP contribution in [0.2, 0.25) is 0 Å². The Kier molecular flexibility index (Phi) is 5.37. The van der Waals surface area contributed by atoms with Gasteiger partial charge in [0.1, 0.15) is 0 Å². The van der Waals surface area contributed by atoms with Crippen LogP contribution >= 0.6 is 0 Å². The molecule has 0 bridgehead atoms. The predicted octanol–water partition coefficient (Wildman–Crippen LogP) is 5.39. The van der Waals surface area contributed by atoms with E-state index in [0.717, 1.165) is 29.3 Å². The summed E-state index contributed by atoms with van der Waals surface area (Å²) in [7, 11) is 0. The van der Waals surface area contributed by atoms with E-state index in [0.29, 0.717) is 13.0 Å². The fourth-order valence-electron chi connectivity index (χ4n) is 4.28. The van der Waals surface area contributed by atoms with Gasteiger partial charge in [-0.15, -0.1) is 0 Å². The van der Waals surface area contributed by atoms with Crippen LogP contribution in [0, 0.1) is 5.41 Å². The zero-order valence-electron chi connectivity index (χ0n) is 17.4. The fraction of sp³-hybridized carbons (Fsp3) is 0.333. The van der Waals surface area contributed by atoms with Crippen molar-refractivity contribution in [1.29, 1.82) is 0 Å². The number of hydrogen-bond donors (Lipinski definition) is 1. The molecule has 3 aromatic rings. The first kappa shape index (κ1) is 21.2. The molecule has 1 aliphatic carbocycles. The third-order valence-electron chi connectivity index (χ3n) is 5.72. The quantitative estimate of drug-likeness (QED) is 0.607. The number of rotatable bonds is 4. The van der Waals surface area contributed by atoms with Gasteiger partial charge >= 0.3 is 6.18 Å². The van der Waals surface area contributed by atoms with Crippen LogP contribution < -0.4 is 5.32 Å². The smallest absolute Gasteiger partial charge is 0.345 e. The molecule has 1 aromatic heterocycles. The number of benzene rings is 2. The maximum absolute atomic E-state index is 13.4. The molecule has 0 spiro atoms. The third kappa shape index (κ3) is 4.50. The van der Waals surface area contributed by atoms with Crippen molar-refractivity contribution in [3.63, 3.8) is 0 Å². The van der Waals surface area contributed by atoms with E-state index < -0.39 is 23.7 Å². The molecule has 0 unspecified atom stereocenters. The van der Waals surface area contributed by atoms with E-state index in [9.17, 15) is 18.0 Å². The Balaban J connectivity index is 1.63. The van der Waals surface area contributed by atoms with Crippen LogP contribution in [0.25, 0.3) is 0 Å². The van der Waals surface area contributed by atoms with Crippen molar-refractivity contribution in [2.24, 2.45) is 5.41 Å². The van der Waals surface area contributed by atoms with Crippen molar-refractivity contribution in [2.75, 3.05) is 0 Å². The van der Waals surface area contributed by atoms with Crippen LogP contribution in [-0.4, -0.2) is 15.7 Å². The van der Waals surface area contributed by atoms with E-state index in [-0.39, 0.29) is 11.0 Å². The highest BCUT2D eigenvalue weighted by Gasteiger charge is 2.38. The Morgan fingerprint density at radius 2 is 1.81 bits per heavy atom. The standard InChI is InChI=1S/C24H24F3N3O/c1-23(2)12-20(29-22(31)17-10-6-7-11-19(17)24(25,26)27)18-14-28-30(21(18)13-23)15-16-8-4-3-5-9-16/h3-11,14,20H,12-13,15H2,1-2H3,(H,29,31)/t20-/m0/s1. The zero-order chi connectivity index (χ0) is 22.2. The average molecular weight is 427 g/mol. The van der Waals surface area contributed by atoms with Crippen molar-refractivity contribution < 1.29 is 18.0 Å². The Morgan fingerprint density at radius 1 is 1.13 bits per heavy atom. The number of carbonyl (C=O) groups is 1. The van der Waals surface area contributed by atoms with Crippen LogP contribution in [0.3, 0.4) is 0 Å². The molecule has 4 rings (SSSR count). The molecular formula is C24H24F3N3O. The van der Waals surface area contributed by atoms with Gasteiger partial charge in [0, 0.05) is 11.3 Å². The summed E-state index contributed by atoms with van der Waals surface area (Å²) in [5.74, 6) is -0.725. The molecule has 7 heteroatoms. The van der Waals surface area contributed by atoms with Crippen molar-refractivity contribution in [2.45, 2.75) is 45.5 Å². The Hall–Kier alpha value is -3.09. The summed E-state index contributed by atoms with van der Waals surface area (Å²) in [6.07, 6.45) is -1.46. The molecule has 0 radical (unpaired) electrons. The van der Waals surface area contributed by atoms with Gasteiger partial charge in [0.15, 0.2) is 0 Å². The number of alkyl halides is 3. The topological polar surface area (TPSA) is 46.9 Å². The molecule has 1 amide bonds. The van der Waals surface area contributed by atoms with Gasteiger partial charge in [-0.25, -0.2) is 0 Å². The number of amides is 1. The molecule has 162 valence electrons. The minimum absolute atomic E-state index is 0.136.